The highest BCUT2D eigenvalue weighted by Gasteiger charge is 2.17. The van der Waals surface area contributed by atoms with Gasteiger partial charge in [0.25, 0.3) is 5.91 Å². The first-order valence-electron chi connectivity index (χ1n) is 7.66. The molecule has 1 heterocycles. The molecule has 1 atom stereocenters. The van der Waals surface area contributed by atoms with Gasteiger partial charge in [0.1, 0.15) is 11.3 Å². The van der Waals surface area contributed by atoms with E-state index in [1.807, 2.05) is 37.3 Å². The van der Waals surface area contributed by atoms with Crippen molar-refractivity contribution in [3.05, 3.63) is 76.1 Å². The molecule has 1 amide bonds. The molecule has 3 rings (SSSR count). The third kappa shape index (κ3) is 2.88. The topological polar surface area (TPSA) is 71.2 Å². The molecule has 0 spiro atoms. The molecule has 0 bridgehead atoms. The predicted octanol–water partition coefficient (Wildman–Crippen LogP) is 3.03. The zero-order chi connectivity index (χ0) is 17.1. The van der Waals surface area contributed by atoms with Crippen LogP contribution in [0.3, 0.4) is 0 Å². The summed E-state index contributed by atoms with van der Waals surface area (Å²) >= 11 is 0. The number of rotatable bonds is 4. The Balaban J connectivity index is 1.90. The number of hydrogen-bond donors (Lipinski definition) is 2. The van der Waals surface area contributed by atoms with Gasteiger partial charge in [0.2, 0.25) is 5.43 Å². The molecular weight excluding hydrogens is 304 g/mol. The summed E-state index contributed by atoms with van der Waals surface area (Å²) in [5.74, 6) is 0.276. The monoisotopic (exact) mass is 322 g/mol. The van der Waals surface area contributed by atoms with Gasteiger partial charge in [-0.25, -0.2) is 0 Å². The molecule has 0 aliphatic heterocycles. The van der Waals surface area contributed by atoms with E-state index in [0.717, 1.165) is 5.56 Å². The van der Waals surface area contributed by atoms with Crippen molar-refractivity contribution >= 4 is 16.8 Å². The Kier molecular flexibility index (Phi) is 4.33. The van der Waals surface area contributed by atoms with Crippen LogP contribution in [0.25, 0.3) is 10.9 Å². The van der Waals surface area contributed by atoms with E-state index in [0.29, 0.717) is 16.7 Å². The van der Waals surface area contributed by atoms with Gasteiger partial charge in [-0.05, 0) is 25.1 Å². The van der Waals surface area contributed by atoms with Gasteiger partial charge in [0.15, 0.2) is 0 Å². The zero-order valence-corrected chi connectivity index (χ0v) is 13.5. The second-order valence-corrected chi connectivity index (χ2v) is 5.51. The molecule has 0 unspecified atom stereocenters. The number of pyridine rings is 1. The van der Waals surface area contributed by atoms with Crippen molar-refractivity contribution in [2.75, 3.05) is 7.11 Å². The summed E-state index contributed by atoms with van der Waals surface area (Å²) in [5, 5.41) is 3.35. The lowest BCUT2D eigenvalue weighted by atomic mass is 10.1. The quantitative estimate of drug-likeness (QED) is 0.775. The summed E-state index contributed by atoms with van der Waals surface area (Å²) in [4.78, 5) is 28.0. The normalized spacial score (nSPS) is 11.9. The van der Waals surface area contributed by atoms with Gasteiger partial charge >= 0.3 is 0 Å². The Morgan fingerprint density at radius 3 is 2.62 bits per heavy atom. The molecule has 122 valence electrons. The highest BCUT2D eigenvalue weighted by Crippen LogP contribution is 2.24. The molecule has 5 nitrogen and oxygen atoms in total. The smallest absolute Gasteiger partial charge is 0.257 e. The van der Waals surface area contributed by atoms with Gasteiger partial charge in [0.05, 0.1) is 13.2 Å². The number of methoxy groups -OCH3 is 1. The van der Waals surface area contributed by atoms with Gasteiger partial charge in [-0.3, -0.25) is 9.59 Å². The number of fused-ring (bicyclic) bond motifs is 1. The van der Waals surface area contributed by atoms with E-state index in [1.165, 1.54) is 6.20 Å². The average Bonchev–Trinajstić information content (AvgIpc) is 2.62. The molecule has 0 aliphatic carbocycles. The molecule has 0 fully saturated rings. The van der Waals surface area contributed by atoms with Gasteiger partial charge in [-0.15, -0.1) is 0 Å². The largest absolute Gasteiger partial charge is 0.496 e. The van der Waals surface area contributed by atoms with Crippen molar-refractivity contribution in [2.24, 2.45) is 0 Å². The number of benzene rings is 2. The van der Waals surface area contributed by atoms with Crippen molar-refractivity contribution in [3.63, 3.8) is 0 Å². The third-order valence-electron chi connectivity index (χ3n) is 3.99. The van der Waals surface area contributed by atoms with Gasteiger partial charge in [0, 0.05) is 22.7 Å². The van der Waals surface area contributed by atoms with E-state index in [2.05, 4.69) is 10.3 Å². The number of para-hydroxylation sites is 2. The Labute approximate surface area is 139 Å². The minimum Gasteiger partial charge on any atom is -0.496 e. The molecule has 1 aromatic heterocycles. The van der Waals surface area contributed by atoms with E-state index < -0.39 is 5.91 Å². The highest BCUT2D eigenvalue weighted by atomic mass is 16.5. The minimum atomic E-state index is -0.416. The summed E-state index contributed by atoms with van der Waals surface area (Å²) < 4.78 is 5.32. The van der Waals surface area contributed by atoms with Crippen molar-refractivity contribution < 1.29 is 9.53 Å². The van der Waals surface area contributed by atoms with E-state index in [4.69, 9.17) is 4.74 Å². The summed E-state index contributed by atoms with van der Waals surface area (Å²) in [6.07, 6.45) is 1.45. The molecular formula is C19H18N2O3. The minimum absolute atomic E-state index is 0.0930. The Hall–Kier alpha value is -3.08. The number of ether oxygens (including phenoxy) is 1. The van der Waals surface area contributed by atoms with Crippen LogP contribution in [-0.4, -0.2) is 18.0 Å². The molecule has 2 aromatic carbocycles. The number of aromatic nitrogens is 1. The predicted molar refractivity (Wildman–Crippen MR) is 93.4 cm³/mol. The van der Waals surface area contributed by atoms with Gasteiger partial charge in [-0.1, -0.05) is 30.3 Å². The Bertz CT molecular complexity index is 946. The van der Waals surface area contributed by atoms with Crippen LogP contribution in [0.5, 0.6) is 5.75 Å². The van der Waals surface area contributed by atoms with Crippen LogP contribution in [0.15, 0.2) is 59.5 Å². The maximum absolute atomic E-state index is 12.5. The molecule has 5 heteroatoms. The number of carbonyl (C=O) groups excluding carboxylic acids is 1. The number of amides is 1. The van der Waals surface area contributed by atoms with E-state index in [-0.39, 0.29) is 17.0 Å². The van der Waals surface area contributed by atoms with Crippen molar-refractivity contribution in [1.82, 2.24) is 10.3 Å². The fraction of sp³-hybridized carbons (Fsp3) is 0.158. The fourth-order valence-corrected chi connectivity index (χ4v) is 2.71. The number of H-pyrrole nitrogens is 1. The standard InChI is InChI=1S/C19H18N2O3/c1-12(13-7-4-6-10-17(13)24-2)21-19(23)15-11-20-16-9-5-3-8-14(16)18(15)22/h3-12H,1-2H3,(H,20,22)(H,21,23)/t12-/m0/s1. The van der Waals surface area contributed by atoms with Crippen molar-refractivity contribution in [3.8, 4) is 5.75 Å². The molecule has 0 saturated carbocycles. The number of aromatic amines is 1. The van der Waals surface area contributed by atoms with Crippen LogP contribution in [0.4, 0.5) is 0 Å². The first-order chi connectivity index (χ1) is 11.6. The lowest BCUT2D eigenvalue weighted by Crippen LogP contribution is -2.31. The Morgan fingerprint density at radius 2 is 1.83 bits per heavy atom. The maximum Gasteiger partial charge on any atom is 0.257 e. The lowest BCUT2D eigenvalue weighted by Gasteiger charge is -2.17. The number of carbonyl (C=O) groups is 1. The summed E-state index contributed by atoms with van der Waals surface area (Å²) in [7, 11) is 1.58. The average molecular weight is 322 g/mol. The van der Waals surface area contributed by atoms with Crippen LogP contribution in [0.2, 0.25) is 0 Å². The summed E-state index contributed by atoms with van der Waals surface area (Å²) in [6, 6.07) is 14.3. The maximum atomic E-state index is 12.5. The fourth-order valence-electron chi connectivity index (χ4n) is 2.71. The molecule has 0 saturated heterocycles. The van der Waals surface area contributed by atoms with Crippen molar-refractivity contribution in [1.29, 1.82) is 0 Å². The van der Waals surface area contributed by atoms with E-state index >= 15 is 0 Å². The van der Waals surface area contributed by atoms with Crippen molar-refractivity contribution in [2.45, 2.75) is 13.0 Å². The van der Waals surface area contributed by atoms with Crippen LogP contribution < -0.4 is 15.5 Å². The summed E-state index contributed by atoms with van der Waals surface area (Å²) in [5.41, 5.74) is 1.37. The van der Waals surface area contributed by atoms with Crippen LogP contribution in [-0.2, 0) is 0 Å². The second-order valence-electron chi connectivity index (χ2n) is 5.51. The molecule has 24 heavy (non-hydrogen) atoms. The molecule has 3 aromatic rings. The first kappa shape index (κ1) is 15.8. The van der Waals surface area contributed by atoms with Crippen LogP contribution in [0.1, 0.15) is 28.9 Å². The van der Waals surface area contributed by atoms with Gasteiger partial charge in [-0.2, -0.15) is 0 Å². The summed E-state index contributed by atoms with van der Waals surface area (Å²) in [6.45, 7) is 1.85. The first-order valence-corrected chi connectivity index (χ1v) is 7.66. The lowest BCUT2D eigenvalue weighted by molar-refractivity contribution is 0.0938. The second kappa shape index (κ2) is 6.58. The Morgan fingerprint density at radius 1 is 1.12 bits per heavy atom. The number of hydrogen-bond acceptors (Lipinski definition) is 3. The SMILES string of the molecule is COc1ccccc1[C@H](C)NC(=O)c1c[nH]c2ccccc2c1=O. The van der Waals surface area contributed by atoms with E-state index in [9.17, 15) is 9.59 Å². The molecule has 0 radical (unpaired) electrons. The zero-order valence-electron chi connectivity index (χ0n) is 13.5. The number of nitrogens with one attached hydrogen (secondary N) is 2. The van der Waals surface area contributed by atoms with Crippen LogP contribution in [0, 0.1) is 0 Å². The molecule has 0 aliphatic rings. The molecule has 2 N–H and O–H groups in total. The van der Waals surface area contributed by atoms with E-state index in [1.54, 1.807) is 25.3 Å². The van der Waals surface area contributed by atoms with Crippen LogP contribution >= 0.6 is 0 Å². The third-order valence-corrected chi connectivity index (χ3v) is 3.99. The highest BCUT2D eigenvalue weighted by molar-refractivity contribution is 5.97. The van der Waals surface area contributed by atoms with Gasteiger partial charge < -0.3 is 15.0 Å².